The summed E-state index contributed by atoms with van der Waals surface area (Å²) >= 11 is 0. The number of carboxylic acid groups (broad SMARTS) is 1. The molecule has 0 aromatic carbocycles. The molecule has 0 aromatic rings. The zero-order valence-electron chi connectivity index (χ0n) is 12.9. The van der Waals surface area contributed by atoms with Crippen molar-refractivity contribution in [2.45, 2.75) is 51.0 Å². The van der Waals surface area contributed by atoms with Gasteiger partial charge in [-0.25, -0.2) is 8.78 Å². The number of alkyl halides is 2. The molecule has 1 unspecified atom stereocenters. The zero-order valence-corrected chi connectivity index (χ0v) is 12.9. The standard InChI is InChI=1S/C15H24F2N2O3/c1-2-13(20)19-10-15(16,17)8-12(19)9-18-5-3-11(4-6-18)7-14(21)22/h11-12H,2-10H2,1H3,(H,21,22). The Morgan fingerprint density at radius 3 is 2.45 bits per heavy atom. The van der Waals surface area contributed by atoms with E-state index in [0.717, 1.165) is 12.8 Å². The van der Waals surface area contributed by atoms with Crippen molar-refractivity contribution in [3.05, 3.63) is 0 Å². The zero-order chi connectivity index (χ0) is 16.3. The Bertz CT molecular complexity index is 423. The van der Waals surface area contributed by atoms with Crippen LogP contribution in [0.3, 0.4) is 0 Å². The first-order valence-corrected chi connectivity index (χ1v) is 7.92. The summed E-state index contributed by atoms with van der Waals surface area (Å²) in [5.74, 6) is -3.62. The van der Waals surface area contributed by atoms with Crippen LogP contribution < -0.4 is 0 Å². The molecule has 2 rings (SSSR count). The minimum absolute atomic E-state index is 0.173. The Balaban J connectivity index is 1.87. The molecule has 22 heavy (non-hydrogen) atoms. The lowest BCUT2D eigenvalue weighted by atomic mass is 9.93. The summed E-state index contributed by atoms with van der Waals surface area (Å²) < 4.78 is 27.2. The summed E-state index contributed by atoms with van der Waals surface area (Å²) in [6, 6.07) is -0.432. The lowest BCUT2D eigenvalue weighted by molar-refractivity contribution is -0.138. The third-order valence-electron chi connectivity index (χ3n) is 4.64. The Kier molecular flexibility index (Phi) is 5.36. The summed E-state index contributed by atoms with van der Waals surface area (Å²) in [6.45, 7) is 3.11. The number of aliphatic carboxylic acids is 1. The number of piperidine rings is 1. The number of carbonyl (C=O) groups excluding carboxylic acids is 1. The van der Waals surface area contributed by atoms with Gasteiger partial charge in [0.2, 0.25) is 5.91 Å². The Labute approximate surface area is 129 Å². The number of nitrogens with zero attached hydrogens (tertiary/aromatic N) is 2. The number of halogens is 2. The van der Waals surface area contributed by atoms with E-state index in [9.17, 15) is 18.4 Å². The van der Waals surface area contributed by atoms with Crippen LogP contribution in [0.15, 0.2) is 0 Å². The first-order chi connectivity index (χ1) is 10.3. The predicted octanol–water partition coefficient (Wildman–Crippen LogP) is 1.82. The summed E-state index contributed by atoms with van der Waals surface area (Å²) in [6.07, 6.45) is 1.70. The first-order valence-electron chi connectivity index (χ1n) is 7.92. The molecule has 0 aliphatic carbocycles. The molecule has 2 heterocycles. The lowest BCUT2D eigenvalue weighted by Gasteiger charge is -2.35. The molecule has 5 nitrogen and oxygen atoms in total. The average molecular weight is 318 g/mol. The predicted molar refractivity (Wildman–Crippen MR) is 76.8 cm³/mol. The van der Waals surface area contributed by atoms with E-state index in [0.29, 0.717) is 19.6 Å². The van der Waals surface area contributed by atoms with E-state index in [4.69, 9.17) is 5.11 Å². The number of hydrogen-bond donors (Lipinski definition) is 1. The van der Waals surface area contributed by atoms with Crippen molar-refractivity contribution < 1.29 is 23.5 Å². The SMILES string of the molecule is CCC(=O)N1CC(F)(F)CC1CN1CCC(CC(=O)O)CC1. The maximum atomic E-state index is 13.6. The van der Waals surface area contributed by atoms with Crippen LogP contribution >= 0.6 is 0 Å². The molecular weight excluding hydrogens is 294 g/mol. The van der Waals surface area contributed by atoms with Crippen molar-refractivity contribution in [2.75, 3.05) is 26.2 Å². The quantitative estimate of drug-likeness (QED) is 0.840. The summed E-state index contributed by atoms with van der Waals surface area (Å²) in [4.78, 5) is 26.0. The second-order valence-electron chi connectivity index (χ2n) is 6.43. The second-order valence-corrected chi connectivity index (χ2v) is 6.43. The van der Waals surface area contributed by atoms with Gasteiger partial charge in [-0.05, 0) is 31.8 Å². The highest BCUT2D eigenvalue weighted by atomic mass is 19.3. The van der Waals surface area contributed by atoms with Gasteiger partial charge >= 0.3 is 5.97 Å². The van der Waals surface area contributed by atoms with Gasteiger partial charge in [0, 0.05) is 25.8 Å². The molecule has 7 heteroatoms. The molecule has 1 atom stereocenters. The molecule has 2 fully saturated rings. The van der Waals surface area contributed by atoms with Crippen LogP contribution in [0.2, 0.25) is 0 Å². The molecule has 0 bridgehead atoms. The van der Waals surface area contributed by atoms with Crippen molar-refractivity contribution in [3.8, 4) is 0 Å². The molecule has 0 spiro atoms. The van der Waals surface area contributed by atoms with Crippen LogP contribution in [0.25, 0.3) is 0 Å². The van der Waals surface area contributed by atoms with E-state index >= 15 is 0 Å². The van der Waals surface area contributed by atoms with Crippen LogP contribution in [0.4, 0.5) is 8.78 Å². The Morgan fingerprint density at radius 2 is 1.91 bits per heavy atom. The van der Waals surface area contributed by atoms with Gasteiger partial charge < -0.3 is 14.9 Å². The van der Waals surface area contributed by atoms with Gasteiger partial charge in [0.15, 0.2) is 0 Å². The van der Waals surface area contributed by atoms with Crippen molar-refractivity contribution in [2.24, 2.45) is 5.92 Å². The van der Waals surface area contributed by atoms with E-state index in [-0.39, 0.29) is 31.1 Å². The van der Waals surface area contributed by atoms with Crippen molar-refractivity contribution >= 4 is 11.9 Å². The van der Waals surface area contributed by atoms with Crippen LogP contribution in [-0.2, 0) is 9.59 Å². The fourth-order valence-corrected chi connectivity index (χ4v) is 3.47. The maximum absolute atomic E-state index is 13.6. The highest BCUT2D eigenvalue weighted by Crippen LogP contribution is 2.33. The molecular formula is C15H24F2N2O3. The van der Waals surface area contributed by atoms with Crippen LogP contribution in [0.5, 0.6) is 0 Å². The normalized spacial score (nSPS) is 26.3. The summed E-state index contributed by atoms with van der Waals surface area (Å²) in [5, 5.41) is 8.80. The smallest absolute Gasteiger partial charge is 0.303 e. The minimum Gasteiger partial charge on any atom is -0.481 e. The van der Waals surface area contributed by atoms with Gasteiger partial charge in [0.05, 0.1) is 12.6 Å². The number of carboxylic acids is 1. The maximum Gasteiger partial charge on any atom is 0.303 e. The van der Waals surface area contributed by atoms with Crippen molar-refractivity contribution in [1.29, 1.82) is 0 Å². The molecule has 126 valence electrons. The lowest BCUT2D eigenvalue weighted by Crippen LogP contribution is -2.45. The number of hydrogen-bond acceptors (Lipinski definition) is 3. The molecule has 2 aliphatic heterocycles. The molecule has 1 amide bonds. The Morgan fingerprint density at radius 1 is 1.27 bits per heavy atom. The van der Waals surface area contributed by atoms with Gasteiger partial charge in [0.25, 0.3) is 5.92 Å². The fraction of sp³-hybridized carbons (Fsp3) is 0.867. The monoisotopic (exact) mass is 318 g/mol. The third-order valence-corrected chi connectivity index (χ3v) is 4.64. The van der Waals surface area contributed by atoms with Gasteiger partial charge in [-0.1, -0.05) is 6.92 Å². The highest BCUT2D eigenvalue weighted by molar-refractivity contribution is 5.76. The molecule has 2 saturated heterocycles. The molecule has 0 aromatic heterocycles. The van der Waals surface area contributed by atoms with Gasteiger partial charge in [-0.3, -0.25) is 9.59 Å². The van der Waals surface area contributed by atoms with Crippen LogP contribution in [-0.4, -0.2) is 64.9 Å². The largest absolute Gasteiger partial charge is 0.481 e. The van der Waals surface area contributed by atoms with Gasteiger partial charge in [-0.2, -0.15) is 0 Å². The fourth-order valence-electron chi connectivity index (χ4n) is 3.47. The van der Waals surface area contributed by atoms with E-state index in [1.165, 1.54) is 4.90 Å². The molecule has 2 aliphatic rings. The molecule has 1 N–H and O–H groups in total. The van der Waals surface area contributed by atoms with Crippen LogP contribution in [0, 0.1) is 5.92 Å². The van der Waals surface area contributed by atoms with E-state index in [2.05, 4.69) is 4.90 Å². The van der Waals surface area contributed by atoms with E-state index < -0.39 is 24.5 Å². The number of rotatable bonds is 5. The van der Waals surface area contributed by atoms with E-state index in [1.807, 2.05) is 0 Å². The van der Waals surface area contributed by atoms with Crippen LogP contribution in [0.1, 0.15) is 39.0 Å². The average Bonchev–Trinajstić information content (AvgIpc) is 2.74. The number of amides is 1. The summed E-state index contributed by atoms with van der Waals surface area (Å²) in [7, 11) is 0. The topological polar surface area (TPSA) is 60.9 Å². The summed E-state index contributed by atoms with van der Waals surface area (Å²) in [5.41, 5.74) is 0. The molecule has 0 saturated carbocycles. The Hall–Kier alpha value is -1.24. The van der Waals surface area contributed by atoms with Crippen molar-refractivity contribution in [1.82, 2.24) is 9.80 Å². The second kappa shape index (κ2) is 6.89. The van der Waals surface area contributed by atoms with Gasteiger partial charge in [0.1, 0.15) is 0 Å². The van der Waals surface area contributed by atoms with E-state index in [1.54, 1.807) is 6.92 Å². The minimum atomic E-state index is -2.79. The number of likely N-dealkylation sites (tertiary alicyclic amines) is 2. The highest BCUT2D eigenvalue weighted by Gasteiger charge is 2.46. The first kappa shape index (κ1) is 17.1. The number of carbonyl (C=O) groups is 2. The van der Waals surface area contributed by atoms with Crippen molar-refractivity contribution in [3.63, 3.8) is 0 Å². The molecule has 0 radical (unpaired) electrons. The third kappa shape index (κ3) is 4.38. The van der Waals surface area contributed by atoms with Gasteiger partial charge in [-0.15, -0.1) is 0 Å².